The molecule has 2 rings (SSSR count). The van der Waals surface area contributed by atoms with Crippen molar-refractivity contribution >= 4 is 5.97 Å². The van der Waals surface area contributed by atoms with E-state index in [9.17, 15) is 9.90 Å². The van der Waals surface area contributed by atoms with E-state index in [-0.39, 0.29) is 18.1 Å². The van der Waals surface area contributed by atoms with E-state index in [4.69, 9.17) is 9.47 Å². The van der Waals surface area contributed by atoms with E-state index < -0.39 is 0 Å². The predicted octanol–water partition coefficient (Wildman–Crippen LogP) is 3.47. The molecule has 22 heavy (non-hydrogen) atoms. The maximum absolute atomic E-state index is 11.4. The molecule has 0 unspecified atom stereocenters. The molecular formula is C18H20O4. The van der Waals surface area contributed by atoms with Gasteiger partial charge >= 0.3 is 5.97 Å². The van der Waals surface area contributed by atoms with Crippen LogP contribution in [0.25, 0.3) is 0 Å². The highest BCUT2D eigenvalue weighted by Crippen LogP contribution is 2.31. The summed E-state index contributed by atoms with van der Waals surface area (Å²) in [4.78, 5) is 11.4. The summed E-state index contributed by atoms with van der Waals surface area (Å²) < 4.78 is 10.5. The second-order valence-corrected chi connectivity index (χ2v) is 4.84. The van der Waals surface area contributed by atoms with Crippen LogP contribution >= 0.6 is 0 Å². The largest absolute Gasteiger partial charge is 0.504 e. The molecule has 0 saturated carbocycles. The van der Waals surface area contributed by atoms with Crippen molar-refractivity contribution in [2.45, 2.75) is 26.4 Å². The van der Waals surface area contributed by atoms with Gasteiger partial charge in [0.2, 0.25) is 0 Å². The molecule has 0 aliphatic carbocycles. The third-order valence-corrected chi connectivity index (χ3v) is 3.22. The Kier molecular flexibility index (Phi) is 5.83. The maximum atomic E-state index is 11.4. The monoisotopic (exact) mass is 300 g/mol. The quantitative estimate of drug-likeness (QED) is 0.796. The Morgan fingerprint density at radius 1 is 1.09 bits per heavy atom. The van der Waals surface area contributed by atoms with Crippen molar-refractivity contribution in [3.8, 4) is 11.5 Å². The molecule has 0 aliphatic heterocycles. The highest BCUT2D eigenvalue weighted by atomic mass is 16.5. The number of benzene rings is 2. The van der Waals surface area contributed by atoms with Crippen LogP contribution in [0.4, 0.5) is 0 Å². The van der Waals surface area contributed by atoms with Crippen LogP contribution in [-0.2, 0) is 22.6 Å². The molecule has 0 spiro atoms. The van der Waals surface area contributed by atoms with Crippen LogP contribution in [0, 0.1) is 0 Å². The van der Waals surface area contributed by atoms with Gasteiger partial charge in [-0.3, -0.25) is 4.79 Å². The van der Waals surface area contributed by atoms with E-state index in [1.807, 2.05) is 30.3 Å². The topological polar surface area (TPSA) is 55.8 Å². The standard InChI is InChI=1S/C18H20O4/c1-2-21-17(19)12-11-15-9-6-10-16(18(15)20)22-13-14-7-4-3-5-8-14/h3-10,20H,2,11-13H2,1H3. The Morgan fingerprint density at radius 2 is 1.86 bits per heavy atom. The van der Waals surface area contributed by atoms with Gasteiger partial charge in [-0.1, -0.05) is 42.5 Å². The molecule has 0 aromatic heterocycles. The molecule has 4 nitrogen and oxygen atoms in total. The molecule has 116 valence electrons. The number of carbonyl (C=O) groups is 1. The molecule has 4 heteroatoms. The van der Waals surface area contributed by atoms with Crippen molar-refractivity contribution in [2.24, 2.45) is 0 Å². The number of esters is 1. The predicted molar refractivity (Wildman–Crippen MR) is 83.8 cm³/mol. The summed E-state index contributed by atoms with van der Waals surface area (Å²) in [5.41, 5.74) is 1.71. The fraction of sp³-hybridized carbons (Fsp3) is 0.278. The molecule has 0 saturated heterocycles. The van der Waals surface area contributed by atoms with Crippen LogP contribution in [-0.4, -0.2) is 17.7 Å². The number of hydrogen-bond donors (Lipinski definition) is 1. The van der Waals surface area contributed by atoms with Gasteiger partial charge in [-0.25, -0.2) is 0 Å². The van der Waals surface area contributed by atoms with Gasteiger partial charge in [0.05, 0.1) is 6.61 Å². The minimum absolute atomic E-state index is 0.0859. The lowest BCUT2D eigenvalue weighted by Gasteiger charge is -2.11. The molecule has 2 aromatic carbocycles. The molecule has 0 heterocycles. The Bertz CT molecular complexity index is 608. The zero-order valence-corrected chi connectivity index (χ0v) is 12.6. The van der Waals surface area contributed by atoms with Gasteiger partial charge in [-0.15, -0.1) is 0 Å². The van der Waals surface area contributed by atoms with Crippen molar-refractivity contribution in [1.82, 2.24) is 0 Å². The van der Waals surface area contributed by atoms with Crippen LogP contribution in [0.15, 0.2) is 48.5 Å². The molecular weight excluding hydrogens is 280 g/mol. The van der Waals surface area contributed by atoms with E-state index in [0.29, 0.717) is 30.9 Å². The molecule has 0 atom stereocenters. The Labute approximate surface area is 130 Å². The first-order valence-electron chi connectivity index (χ1n) is 7.34. The number of ether oxygens (including phenoxy) is 2. The Hall–Kier alpha value is -2.49. The van der Waals surface area contributed by atoms with Gasteiger partial charge in [-0.2, -0.15) is 0 Å². The normalized spacial score (nSPS) is 10.2. The van der Waals surface area contributed by atoms with Gasteiger partial charge < -0.3 is 14.6 Å². The van der Waals surface area contributed by atoms with Crippen molar-refractivity contribution < 1.29 is 19.4 Å². The molecule has 0 amide bonds. The third kappa shape index (κ3) is 4.52. The number of phenolic OH excluding ortho intramolecular Hbond substituents is 1. The summed E-state index contributed by atoms with van der Waals surface area (Å²) in [6, 6.07) is 15.0. The van der Waals surface area contributed by atoms with Gasteiger partial charge in [0.25, 0.3) is 0 Å². The van der Waals surface area contributed by atoms with Gasteiger partial charge in [-0.05, 0) is 30.5 Å². The van der Waals surface area contributed by atoms with Crippen molar-refractivity contribution in [2.75, 3.05) is 6.61 Å². The molecule has 0 aliphatic rings. The zero-order valence-electron chi connectivity index (χ0n) is 12.6. The van der Waals surface area contributed by atoms with Crippen LogP contribution in [0.1, 0.15) is 24.5 Å². The minimum Gasteiger partial charge on any atom is -0.504 e. The average molecular weight is 300 g/mol. The summed E-state index contributed by atoms with van der Waals surface area (Å²) in [5.74, 6) is 0.241. The Balaban J connectivity index is 1.98. The SMILES string of the molecule is CCOC(=O)CCc1cccc(OCc2ccccc2)c1O. The first-order chi connectivity index (χ1) is 10.7. The number of hydrogen-bond acceptors (Lipinski definition) is 4. The van der Waals surface area contributed by atoms with Crippen molar-refractivity contribution in [3.05, 3.63) is 59.7 Å². The summed E-state index contributed by atoms with van der Waals surface area (Å²) in [6.45, 7) is 2.52. The van der Waals surface area contributed by atoms with E-state index in [1.54, 1.807) is 25.1 Å². The van der Waals surface area contributed by atoms with E-state index >= 15 is 0 Å². The first-order valence-corrected chi connectivity index (χ1v) is 7.34. The van der Waals surface area contributed by atoms with Gasteiger partial charge in [0, 0.05) is 6.42 Å². The summed E-state index contributed by atoms with van der Waals surface area (Å²) >= 11 is 0. The molecule has 0 bridgehead atoms. The van der Waals surface area contributed by atoms with Crippen LogP contribution < -0.4 is 4.74 Å². The number of rotatable bonds is 7. The number of aromatic hydroxyl groups is 1. The minimum atomic E-state index is -0.266. The number of carbonyl (C=O) groups excluding carboxylic acids is 1. The highest BCUT2D eigenvalue weighted by molar-refractivity contribution is 5.70. The lowest BCUT2D eigenvalue weighted by molar-refractivity contribution is -0.143. The third-order valence-electron chi connectivity index (χ3n) is 3.22. The lowest BCUT2D eigenvalue weighted by atomic mass is 10.1. The summed E-state index contributed by atoms with van der Waals surface area (Å²) in [7, 11) is 0. The first kappa shape index (κ1) is 15.9. The molecule has 0 radical (unpaired) electrons. The second-order valence-electron chi connectivity index (χ2n) is 4.84. The fourth-order valence-electron chi connectivity index (χ4n) is 2.09. The van der Waals surface area contributed by atoms with Gasteiger partial charge in [0.1, 0.15) is 6.61 Å². The molecule has 1 N–H and O–H groups in total. The van der Waals surface area contributed by atoms with Crippen molar-refractivity contribution in [1.29, 1.82) is 0 Å². The summed E-state index contributed by atoms with van der Waals surface area (Å²) in [5, 5.41) is 10.2. The van der Waals surface area contributed by atoms with E-state index in [2.05, 4.69) is 0 Å². The van der Waals surface area contributed by atoms with E-state index in [1.165, 1.54) is 0 Å². The number of aryl methyl sites for hydroxylation is 1. The highest BCUT2D eigenvalue weighted by Gasteiger charge is 2.10. The number of phenols is 1. The molecule has 0 fully saturated rings. The summed E-state index contributed by atoms with van der Waals surface area (Å²) in [6.07, 6.45) is 0.663. The van der Waals surface area contributed by atoms with Crippen molar-refractivity contribution in [3.63, 3.8) is 0 Å². The zero-order chi connectivity index (χ0) is 15.8. The van der Waals surface area contributed by atoms with E-state index in [0.717, 1.165) is 5.56 Å². The Morgan fingerprint density at radius 3 is 2.59 bits per heavy atom. The lowest BCUT2D eigenvalue weighted by Crippen LogP contribution is -2.05. The second kappa shape index (κ2) is 8.08. The van der Waals surface area contributed by atoms with Crippen LogP contribution in [0.5, 0.6) is 11.5 Å². The van der Waals surface area contributed by atoms with Crippen LogP contribution in [0.2, 0.25) is 0 Å². The number of para-hydroxylation sites is 1. The maximum Gasteiger partial charge on any atom is 0.306 e. The van der Waals surface area contributed by atoms with Gasteiger partial charge in [0.15, 0.2) is 11.5 Å². The average Bonchev–Trinajstić information content (AvgIpc) is 2.54. The molecule has 2 aromatic rings. The smallest absolute Gasteiger partial charge is 0.306 e. The van der Waals surface area contributed by atoms with Crippen LogP contribution in [0.3, 0.4) is 0 Å². The fourth-order valence-corrected chi connectivity index (χ4v) is 2.09.